The molecule has 11 rings (SSSR count). The van der Waals surface area contributed by atoms with Crippen LogP contribution >= 0.6 is 19.4 Å². The second-order valence-corrected chi connectivity index (χ2v) is 16.5. The molecule has 10 aromatic rings. The Hall–Kier alpha value is -5.87. The number of aromatic nitrogens is 2. The van der Waals surface area contributed by atoms with Crippen molar-refractivity contribution in [2.75, 3.05) is 4.67 Å². The third-order valence-corrected chi connectivity index (χ3v) is 14.1. The Balaban J connectivity index is 1.37. The number of rotatable bonds is 3. The Morgan fingerprint density at radius 1 is 0.538 bits per heavy atom. The Bertz CT molecular complexity index is 3070. The molecule has 0 fully saturated rings. The molecular formula is C46H29BN3PS. The minimum atomic E-state index is -1.17. The zero-order chi connectivity index (χ0) is 34.3. The van der Waals surface area contributed by atoms with E-state index in [4.69, 9.17) is 9.97 Å². The molecule has 0 amide bonds. The molecule has 0 saturated heterocycles. The molecule has 1 aliphatic heterocycles. The number of hydrogen-bond acceptors (Lipinski definition) is 4. The van der Waals surface area contributed by atoms with Crippen LogP contribution in [0.25, 0.3) is 75.0 Å². The average Bonchev–Trinajstić information content (AvgIpc) is 3.60. The molecule has 3 nitrogen and oxygen atoms in total. The molecule has 0 radical (unpaired) electrons. The molecule has 0 aliphatic carbocycles. The van der Waals surface area contributed by atoms with Gasteiger partial charge in [-0.3, -0.25) is 4.67 Å². The van der Waals surface area contributed by atoms with Crippen LogP contribution in [0.4, 0.5) is 11.6 Å². The van der Waals surface area contributed by atoms with Gasteiger partial charge in [-0.25, -0.2) is 9.97 Å². The van der Waals surface area contributed by atoms with E-state index in [1.54, 1.807) is 0 Å². The van der Waals surface area contributed by atoms with Crippen molar-refractivity contribution in [3.8, 4) is 22.4 Å². The lowest BCUT2D eigenvalue weighted by atomic mass is 9.88. The van der Waals surface area contributed by atoms with Crippen LogP contribution < -0.4 is 20.7 Å². The van der Waals surface area contributed by atoms with Gasteiger partial charge in [-0.1, -0.05) is 157 Å². The molecule has 8 aromatic carbocycles. The molecule has 0 saturated carbocycles. The van der Waals surface area contributed by atoms with Gasteiger partial charge in [-0.2, -0.15) is 0 Å². The van der Waals surface area contributed by atoms with Gasteiger partial charge in [0, 0.05) is 42.6 Å². The molecule has 0 N–H and O–H groups in total. The zero-order valence-electron chi connectivity index (χ0n) is 28.3. The first-order valence-electron chi connectivity index (χ1n) is 17.6. The van der Waals surface area contributed by atoms with Crippen molar-refractivity contribution in [3.05, 3.63) is 164 Å². The molecule has 2 aromatic heterocycles. The fraction of sp³-hybridized carbons (Fsp3) is 0. The fourth-order valence-corrected chi connectivity index (χ4v) is 12.1. The summed E-state index contributed by atoms with van der Waals surface area (Å²) in [5.41, 5.74) is 7.98. The Morgan fingerprint density at radius 2 is 1.21 bits per heavy atom. The van der Waals surface area contributed by atoms with Crippen molar-refractivity contribution in [1.82, 2.24) is 9.97 Å². The zero-order valence-corrected chi connectivity index (χ0v) is 30.0. The fourth-order valence-electron chi connectivity index (χ4n) is 8.22. The number of hydrogen-bond donors (Lipinski definition) is 0. The van der Waals surface area contributed by atoms with Crippen LogP contribution in [0.2, 0.25) is 0 Å². The SMILES string of the molecule is Bc1ccccc1-c1nc(N2c3c(c4ccccc4c4c3sc3ccccc34)-c3c(ccc4ccccc34)P2c2ccccc2)nc2ccccc12. The lowest BCUT2D eigenvalue weighted by Gasteiger charge is -2.40. The average molecular weight is 698 g/mol. The second-order valence-electron chi connectivity index (χ2n) is 13.4. The van der Waals surface area contributed by atoms with Crippen molar-refractivity contribution in [2.24, 2.45) is 0 Å². The van der Waals surface area contributed by atoms with E-state index in [0.29, 0.717) is 0 Å². The first-order valence-corrected chi connectivity index (χ1v) is 19.7. The van der Waals surface area contributed by atoms with Crippen molar-refractivity contribution >= 4 is 108 Å². The normalized spacial score (nSPS) is 14.0. The van der Waals surface area contributed by atoms with Crippen LogP contribution in [-0.4, -0.2) is 17.8 Å². The number of thiophene rings is 1. The summed E-state index contributed by atoms with van der Waals surface area (Å²) in [5, 5.41) is 11.3. The maximum atomic E-state index is 5.64. The highest BCUT2D eigenvalue weighted by molar-refractivity contribution is 7.75. The van der Waals surface area contributed by atoms with Crippen LogP contribution in [0.3, 0.4) is 0 Å². The van der Waals surface area contributed by atoms with Gasteiger partial charge in [0.05, 0.1) is 29.7 Å². The molecule has 52 heavy (non-hydrogen) atoms. The van der Waals surface area contributed by atoms with Gasteiger partial charge in [0.2, 0.25) is 5.95 Å². The summed E-state index contributed by atoms with van der Waals surface area (Å²) in [7, 11) is 1.00. The molecule has 1 aliphatic rings. The topological polar surface area (TPSA) is 29.0 Å². The first kappa shape index (κ1) is 29.8. The molecule has 1 atom stereocenters. The lowest BCUT2D eigenvalue weighted by molar-refractivity contribution is 1.17. The first-order chi connectivity index (χ1) is 25.7. The van der Waals surface area contributed by atoms with Gasteiger partial charge < -0.3 is 0 Å². The van der Waals surface area contributed by atoms with Crippen molar-refractivity contribution in [3.63, 3.8) is 0 Å². The second kappa shape index (κ2) is 11.6. The number of fused-ring (bicyclic) bond motifs is 13. The molecule has 3 heterocycles. The van der Waals surface area contributed by atoms with E-state index in [1.807, 2.05) is 11.3 Å². The van der Waals surface area contributed by atoms with E-state index in [1.165, 1.54) is 74.6 Å². The molecule has 242 valence electrons. The van der Waals surface area contributed by atoms with E-state index in [9.17, 15) is 0 Å². The Kier molecular flexibility index (Phi) is 6.64. The van der Waals surface area contributed by atoms with E-state index in [2.05, 4.69) is 176 Å². The highest BCUT2D eigenvalue weighted by Crippen LogP contribution is 2.62. The Morgan fingerprint density at radius 3 is 2.06 bits per heavy atom. The molecule has 0 bridgehead atoms. The maximum Gasteiger partial charge on any atom is 0.235 e. The summed E-state index contributed by atoms with van der Waals surface area (Å²) in [4.78, 5) is 11.1. The Labute approximate surface area is 307 Å². The summed E-state index contributed by atoms with van der Waals surface area (Å²) in [6.07, 6.45) is 0. The maximum absolute atomic E-state index is 5.64. The van der Waals surface area contributed by atoms with Crippen LogP contribution in [0.15, 0.2) is 164 Å². The van der Waals surface area contributed by atoms with Gasteiger partial charge in [0.1, 0.15) is 7.85 Å². The molecular weight excluding hydrogens is 668 g/mol. The predicted octanol–water partition coefficient (Wildman–Crippen LogP) is 10.4. The van der Waals surface area contributed by atoms with E-state index in [-0.39, 0.29) is 0 Å². The van der Waals surface area contributed by atoms with Crippen LogP contribution in [-0.2, 0) is 0 Å². The summed E-state index contributed by atoms with van der Waals surface area (Å²) >= 11 is 1.89. The van der Waals surface area contributed by atoms with E-state index < -0.39 is 8.07 Å². The van der Waals surface area contributed by atoms with Crippen LogP contribution in [0, 0.1) is 0 Å². The summed E-state index contributed by atoms with van der Waals surface area (Å²) in [6, 6.07) is 59.5. The quantitative estimate of drug-likeness (QED) is 0.136. The minimum Gasteiger partial charge on any atom is -0.278 e. The molecule has 1 unspecified atom stereocenters. The standard InChI is InChI=1S/C46H29BN3PS/c47-36-23-11-8-20-33(36)43-34-21-9-12-24-37(34)48-46(49-43)50-44-42(32-19-7-6-18-31(32)40-35-22-10-13-25-39(35)52-45(40)44)41-30-17-5-4-14-28(30)26-27-38(41)51(50)29-15-2-1-3-16-29/h1-27H,47H2. The van der Waals surface area contributed by atoms with Crippen LogP contribution in [0.5, 0.6) is 0 Å². The highest BCUT2D eigenvalue weighted by atomic mass is 32.1. The van der Waals surface area contributed by atoms with Gasteiger partial charge in [0.25, 0.3) is 0 Å². The largest absolute Gasteiger partial charge is 0.278 e. The number of nitrogens with zero attached hydrogens (tertiary/aromatic N) is 3. The van der Waals surface area contributed by atoms with Gasteiger partial charge in [0.15, 0.2) is 0 Å². The monoisotopic (exact) mass is 697 g/mol. The van der Waals surface area contributed by atoms with Gasteiger partial charge in [-0.15, -0.1) is 11.3 Å². The van der Waals surface area contributed by atoms with Crippen molar-refractivity contribution in [2.45, 2.75) is 0 Å². The van der Waals surface area contributed by atoms with Gasteiger partial charge >= 0.3 is 0 Å². The number of benzene rings is 8. The smallest absolute Gasteiger partial charge is 0.235 e. The third-order valence-electron chi connectivity index (χ3n) is 10.5. The predicted molar refractivity (Wildman–Crippen MR) is 228 cm³/mol. The van der Waals surface area contributed by atoms with E-state index in [0.717, 1.165) is 28.1 Å². The van der Waals surface area contributed by atoms with Gasteiger partial charge in [-0.05, 0) is 39.2 Å². The number of anilines is 2. The number of para-hydroxylation sites is 1. The lowest BCUT2D eigenvalue weighted by Crippen LogP contribution is -2.31. The van der Waals surface area contributed by atoms with E-state index >= 15 is 0 Å². The highest BCUT2D eigenvalue weighted by Gasteiger charge is 2.39. The minimum absolute atomic E-state index is 0.723. The molecule has 6 heteroatoms. The van der Waals surface area contributed by atoms with Crippen molar-refractivity contribution in [1.29, 1.82) is 0 Å². The summed E-state index contributed by atoms with van der Waals surface area (Å²) in [6.45, 7) is 0. The summed E-state index contributed by atoms with van der Waals surface area (Å²) < 4.78 is 5.09. The summed E-state index contributed by atoms with van der Waals surface area (Å²) in [5.74, 6) is 0.723. The molecule has 0 spiro atoms. The third kappa shape index (κ3) is 4.30. The van der Waals surface area contributed by atoms with Crippen LogP contribution in [0.1, 0.15) is 0 Å². The van der Waals surface area contributed by atoms with Crippen molar-refractivity contribution < 1.29 is 0 Å².